The molecule has 0 atom stereocenters. The summed E-state index contributed by atoms with van der Waals surface area (Å²) in [5.74, 6) is 5.59. The monoisotopic (exact) mass is 281 g/mol. The summed E-state index contributed by atoms with van der Waals surface area (Å²) in [4.78, 5) is 20.0. The summed E-state index contributed by atoms with van der Waals surface area (Å²) in [7, 11) is 0. The zero-order chi connectivity index (χ0) is 15.1. The Morgan fingerprint density at radius 3 is 2.81 bits per heavy atom. The molecular weight excluding hydrogens is 266 g/mol. The van der Waals surface area contributed by atoms with E-state index in [9.17, 15) is 4.79 Å². The lowest BCUT2D eigenvalue weighted by molar-refractivity contribution is 0.102. The number of aromatic nitrogens is 2. The Kier molecular flexibility index (Phi) is 5.02. The van der Waals surface area contributed by atoms with Crippen molar-refractivity contribution in [2.45, 2.75) is 13.3 Å². The fourth-order valence-corrected chi connectivity index (χ4v) is 1.79. The van der Waals surface area contributed by atoms with E-state index in [0.717, 1.165) is 11.1 Å². The molecule has 5 heteroatoms. The van der Waals surface area contributed by atoms with Gasteiger partial charge in [0.25, 0.3) is 5.91 Å². The minimum Gasteiger partial charge on any atom is -0.395 e. The average molecular weight is 281 g/mol. The van der Waals surface area contributed by atoms with E-state index in [-0.39, 0.29) is 12.5 Å². The maximum absolute atomic E-state index is 12.3. The molecule has 0 aliphatic carbocycles. The van der Waals surface area contributed by atoms with E-state index >= 15 is 0 Å². The minimum absolute atomic E-state index is 0.0280. The summed E-state index contributed by atoms with van der Waals surface area (Å²) in [6, 6.07) is 5.38. The van der Waals surface area contributed by atoms with Crippen LogP contribution < -0.4 is 5.32 Å². The molecule has 21 heavy (non-hydrogen) atoms. The van der Waals surface area contributed by atoms with Gasteiger partial charge in [-0.25, -0.2) is 9.97 Å². The lowest BCUT2D eigenvalue weighted by Gasteiger charge is -2.08. The number of aliphatic hydroxyl groups excluding tert-OH is 1. The Hall–Kier alpha value is -2.71. The second kappa shape index (κ2) is 7.17. The first-order valence-corrected chi connectivity index (χ1v) is 6.48. The van der Waals surface area contributed by atoms with Crippen LogP contribution in [0, 0.1) is 18.8 Å². The molecule has 5 nitrogen and oxygen atoms in total. The SMILES string of the molecule is Cc1c(C#CCCO)cccc1C(=O)Nc1cncnc1. The number of nitrogens with zero attached hydrogens (tertiary/aromatic N) is 2. The number of hydrogen-bond acceptors (Lipinski definition) is 4. The molecule has 2 N–H and O–H groups in total. The van der Waals surface area contributed by atoms with Crippen LogP contribution in [0.25, 0.3) is 0 Å². The summed E-state index contributed by atoms with van der Waals surface area (Å²) < 4.78 is 0. The second-order valence-corrected chi connectivity index (χ2v) is 4.33. The lowest BCUT2D eigenvalue weighted by Crippen LogP contribution is -2.14. The van der Waals surface area contributed by atoms with Gasteiger partial charge in [-0.1, -0.05) is 17.9 Å². The van der Waals surface area contributed by atoms with Gasteiger partial charge in [0.2, 0.25) is 0 Å². The minimum atomic E-state index is -0.229. The van der Waals surface area contributed by atoms with Crippen LogP contribution in [0.15, 0.2) is 36.9 Å². The quantitative estimate of drug-likeness (QED) is 0.841. The molecule has 0 saturated heterocycles. The van der Waals surface area contributed by atoms with Crippen LogP contribution in [0.3, 0.4) is 0 Å². The van der Waals surface area contributed by atoms with Crippen LogP contribution in [0.1, 0.15) is 27.9 Å². The Morgan fingerprint density at radius 1 is 1.33 bits per heavy atom. The van der Waals surface area contributed by atoms with Gasteiger partial charge in [-0.15, -0.1) is 0 Å². The zero-order valence-electron chi connectivity index (χ0n) is 11.6. The Morgan fingerprint density at radius 2 is 2.10 bits per heavy atom. The van der Waals surface area contributed by atoms with Crippen molar-refractivity contribution in [3.05, 3.63) is 53.6 Å². The predicted octanol–water partition coefficient (Wildman–Crippen LogP) is 1.77. The van der Waals surface area contributed by atoms with Gasteiger partial charge in [0.1, 0.15) is 6.33 Å². The topological polar surface area (TPSA) is 75.1 Å². The predicted molar refractivity (Wildman–Crippen MR) is 79.7 cm³/mol. The van der Waals surface area contributed by atoms with Gasteiger partial charge in [0.05, 0.1) is 24.7 Å². The highest BCUT2D eigenvalue weighted by atomic mass is 16.2. The average Bonchev–Trinajstić information content (AvgIpc) is 2.50. The molecule has 0 radical (unpaired) electrons. The molecule has 1 amide bonds. The summed E-state index contributed by atoms with van der Waals surface area (Å²) in [6.07, 6.45) is 4.88. The van der Waals surface area contributed by atoms with Gasteiger partial charge in [-0.05, 0) is 24.6 Å². The third kappa shape index (κ3) is 3.88. The molecule has 0 unspecified atom stereocenters. The maximum atomic E-state index is 12.3. The molecule has 0 aliphatic heterocycles. The largest absolute Gasteiger partial charge is 0.395 e. The third-order valence-electron chi connectivity index (χ3n) is 2.86. The highest BCUT2D eigenvalue weighted by Crippen LogP contribution is 2.15. The van der Waals surface area contributed by atoms with Crippen molar-refractivity contribution >= 4 is 11.6 Å². The summed E-state index contributed by atoms with van der Waals surface area (Å²) in [6.45, 7) is 1.87. The van der Waals surface area contributed by atoms with Gasteiger partial charge in [0, 0.05) is 17.5 Å². The molecule has 106 valence electrons. The van der Waals surface area contributed by atoms with Gasteiger partial charge < -0.3 is 10.4 Å². The van der Waals surface area contributed by atoms with Crippen molar-refractivity contribution in [2.24, 2.45) is 0 Å². The molecule has 0 spiro atoms. The first kappa shape index (κ1) is 14.7. The first-order valence-electron chi connectivity index (χ1n) is 6.48. The van der Waals surface area contributed by atoms with Crippen molar-refractivity contribution in [1.29, 1.82) is 0 Å². The van der Waals surface area contributed by atoms with E-state index in [2.05, 4.69) is 27.1 Å². The highest BCUT2D eigenvalue weighted by molar-refractivity contribution is 6.05. The van der Waals surface area contributed by atoms with Gasteiger partial charge >= 0.3 is 0 Å². The lowest BCUT2D eigenvalue weighted by atomic mass is 10.0. The summed E-state index contributed by atoms with van der Waals surface area (Å²) >= 11 is 0. The van der Waals surface area contributed by atoms with Crippen molar-refractivity contribution in [1.82, 2.24) is 9.97 Å². The standard InChI is InChI=1S/C16H15N3O2/c1-12-13(5-2-3-8-20)6-4-7-15(12)16(21)19-14-9-17-11-18-10-14/h4,6-7,9-11,20H,3,8H2,1H3,(H,19,21). The van der Waals surface area contributed by atoms with Crippen LogP contribution >= 0.6 is 0 Å². The van der Waals surface area contributed by atoms with E-state index < -0.39 is 0 Å². The van der Waals surface area contributed by atoms with Crippen molar-refractivity contribution < 1.29 is 9.90 Å². The highest BCUT2D eigenvalue weighted by Gasteiger charge is 2.11. The Bertz CT molecular complexity index is 688. The number of carbonyl (C=O) groups excluding carboxylic acids is 1. The number of rotatable bonds is 3. The van der Waals surface area contributed by atoms with Crippen molar-refractivity contribution in [3.8, 4) is 11.8 Å². The molecule has 0 fully saturated rings. The van der Waals surface area contributed by atoms with Crippen LogP contribution in [-0.2, 0) is 0 Å². The molecule has 0 saturated carbocycles. The van der Waals surface area contributed by atoms with E-state index in [1.807, 2.05) is 13.0 Å². The van der Waals surface area contributed by atoms with E-state index in [1.165, 1.54) is 18.7 Å². The number of carbonyl (C=O) groups is 1. The van der Waals surface area contributed by atoms with Crippen LogP contribution in [-0.4, -0.2) is 27.6 Å². The second-order valence-electron chi connectivity index (χ2n) is 4.33. The molecule has 0 aliphatic rings. The van der Waals surface area contributed by atoms with Crippen LogP contribution in [0.2, 0.25) is 0 Å². The molecule has 2 aromatic rings. The van der Waals surface area contributed by atoms with Gasteiger partial charge in [0.15, 0.2) is 0 Å². The summed E-state index contributed by atoms with van der Waals surface area (Å²) in [5, 5.41) is 11.5. The Labute approximate surface area is 123 Å². The number of hydrogen-bond donors (Lipinski definition) is 2. The number of nitrogens with one attached hydrogen (secondary N) is 1. The molecular formula is C16H15N3O2. The first-order chi connectivity index (χ1) is 10.2. The zero-order valence-corrected chi connectivity index (χ0v) is 11.6. The number of benzene rings is 1. The van der Waals surface area contributed by atoms with Crippen LogP contribution in [0.5, 0.6) is 0 Å². The number of anilines is 1. The maximum Gasteiger partial charge on any atom is 0.256 e. The van der Waals surface area contributed by atoms with Gasteiger partial charge in [-0.3, -0.25) is 4.79 Å². The molecule has 0 bridgehead atoms. The third-order valence-corrected chi connectivity index (χ3v) is 2.86. The molecule has 1 aromatic heterocycles. The van der Waals surface area contributed by atoms with Crippen molar-refractivity contribution in [2.75, 3.05) is 11.9 Å². The fourth-order valence-electron chi connectivity index (χ4n) is 1.79. The van der Waals surface area contributed by atoms with E-state index in [1.54, 1.807) is 12.1 Å². The summed E-state index contributed by atoms with van der Waals surface area (Å²) in [5.41, 5.74) is 2.67. The van der Waals surface area contributed by atoms with Gasteiger partial charge in [-0.2, -0.15) is 0 Å². The smallest absolute Gasteiger partial charge is 0.256 e. The fraction of sp³-hybridized carbons (Fsp3) is 0.188. The number of amides is 1. The molecule has 1 heterocycles. The van der Waals surface area contributed by atoms with E-state index in [4.69, 9.17) is 5.11 Å². The van der Waals surface area contributed by atoms with Crippen LogP contribution in [0.4, 0.5) is 5.69 Å². The van der Waals surface area contributed by atoms with Crippen molar-refractivity contribution in [3.63, 3.8) is 0 Å². The van der Waals surface area contributed by atoms with E-state index in [0.29, 0.717) is 17.7 Å². The molecule has 2 rings (SSSR count). The Balaban J connectivity index is 2.22. The molecule has 1 aromatic carbocycles. The normalized spacial score (nSPS) is 9.62. The number of aliphatic hydroxyl groups is 1.